The van der Waals surface area contributed by atoms with Crippen molar-refractivity contribution in [1.29, 1.82) is 0 Å². The van der Waals surface area contributed by atoms with Crippen LogP contribution in [-0.2, 0) is 28.0 Å². The Morgan fingerprint density at radius 3 is 2.15 bits per heavy atom. The normalized spacial score (nSPS) is 14.1. The van der Waals surface area contributed by atoms with Gasteiger partial charge in [-0.3, -0.25) is 4.79 Å². The SMILES string of the molecule is CCS(=O)(=O)c1ccc([C@H](CO)NC(=O)c2nc(C(C)(C)C)n(Cc3ccc(C(C)O)cc3C(F)(F)F)c2C)cc1. The van der Waals surface area contributed by atoms with Crippen molar-refractivity contribution in [3.8, 4) is 0 Å². The topological polar surface area (TPSA) is 122 Å². The molecule has 1 aromatic heterocycles. The fourth-order valence-electron chi connectivity index (χ4n) is 4.48. The molecule has 2 atom stereocenters. The second-order valence-corrected chi connectivity index (χ2v) is 13.3. The summed E-state index contributed by atoms with van der Waals surface area (Å²) in [5.41, 5.74) is -0.641. The fourth-order valence-corrected chi connectivity index (χ4v) is 5.36. The van der Waals surface area contributed by atoms with Crippen molar-refractivity contribution in [2.24, 2.45) is 0 Å². The molecule has 3 rings (SSSR count). The zero-order chi connectivity index (χ0) is 30.9. The first-order chi connectivity index (χ1) is 18.9. The second kappa shape index (κ2) is 11.9. The van der Waals surface area contributed by atoms with E-state index in [9.17, 15) is 36.6 Å². The first kappa shape index (κ1) is 32.3. The third kappa shape index (κ3) is 7.17. The average molecular weight is 596 g/mol. The van der Waals surface area contributed by atoms with E-state index in [1.165, 1.54) is 50.2 Å². The van der Waals surface area contributed by atoms with Gasteiger partial charge in [-0.1, -0.05) is 52.0 Å². The number of nitrogens with one attached hydrogen (secondary N) is 1. The van der Waals surface area contributed by atoms with Crippen molar-refractivity contribution in [3.05, 3.63) is 81.9 Å². The van der Waals surface area contributed by atoms with Gasteiger partial charge in [0.25, 0.3) is 5.91 Å². The van der Waals surface area contributed by atoms with Gasteiger partial charge in [0.05, 0.1) is 35.0 Å². The molecule has 0 radical (unpaired) electrons. The van der Waals surface area contributed by atoms with Crippen LogP contribution in [0.3, 0.4) is 0 Å². The number of hydrogen-bond acceptors (Lipinski definition) is 6. The smallest absolute Gasteiger partial charge is 0.394 e. The summed E-state index contributed by atoms with van der Waals surface area (Å²) in [5.74, 6) is -0.321. The summed E-state index contributed by atoms with van der Waals surface area (Å²) >= 11 is 0. The quantitative estimate of drug-likeness (QED) is 0.325. The number of halogens is 3. The van der Waals surface area contributed by atoms with E-state index in [1.54, 1.807) is 11.5 Å². The molecule has 0 aliphatic rings. The number of sulfone groups is 1. The lowest BCUT2D eigenvalue weighted by Gasteiger charge is -2.22. The van der Waals surface area contributed by atoms with Gasteiger partial charge in [0.2, 0.25) is 0 Å². The van der Waals surface area contributed by atoms with Crippen molar-refractivity contribution in [3.63, 3.8) is 0 Å². The highest BCUT2D eigenvalue weighted by molar-refractivity contribution is 7.91. The summed E-state index contributed by atoms with van der Waals surface area (Å²) < 4.78 is 67.8. The lowest BCUT2D eigenvalue weighted by molar-refractivity contribution is -0.138. The predicted octanol–water partition coefficient (Wildman–Crippen LogP) is 4.87. The standard InChI is InChI=1S/C29H36F3N3O5S/c1-7-41(39,40)22-12-10-19(11-13-22)24(16-36)33-26(38)25-17(2)35(27(34-25)28(4,5)6)15-21-9-8-20(18(3)37)14-23(21)29(30,31)32/h8-14,18,24,36-37H,7,15-16H2,1-6H3,(H,33,38)/t18?,24-/m0/s1. The molecule has 0 saturated carbocycles. The maximum absolute atomic E-state index is 14.0. The largest absolute Gasteiger partial charge is 0.416 e. The molecule has 3 N–H and O–H groups in total. The summed E-state index contributed by atoms with van der Waals surface area (Å²) in [6.45, 7) is 9.30. The van der Waals surface area contributed by atoms with Crippen LogP contribution in [0.15, 0.2) is 47.4 Å². The number of rotatable bonds is 9. The van der Waals surface area contributed by atoms with Crippen LogP contribution in [0.25, 0.3) is 0 Å². The minimum atomic E-state index is -4.67. The van der Waals surface area contributed by atoms with Gasteiger partial charge < -0.3 is 20.1 Å². The summed E-state index contributed by atoms with van der Waals surface area (Å²) in [5, 5.41) is 22.5. The van der Waals surface area contributed by atoms with E-state index in [1.807, 2.05) is 20.8 Å². The third-order valence-corrected chi connectivity index (χ3v) is 8.62. The van der Waals surface area contributed by atoms with Crippen LogP contribution in [-0.4, -0.2) is 46.4 Å². The lowest BCUT2D eigenvalue weighted by Crippen LogP contribution is -2.31. The Labute approximate surface area is 238 Å². The first-order valence-electron chi connectivity index (χ1n) is 13.1. The monoisotopic (exact) mass is 595 g/mol. The third-order valence-electron chi connectivity index (χ3n) is 6.87. The van der Waals surface area contributed by atoms with Crippen molar-refractivity contribution < 1.29 is 36.6 Å². The number of benzene rings is 2. The highest BCUT2D eigenvalue weighted by Crippen LogP contribution is 2.35. The Kier molecular flexibility index (Phi) is 9.41. The molecule has 41 heavy (non-hydrogen) atoms. The van der Waals surface area contributed by atoms with E-state index in [4.69, 9.17) is 0 Å². The number of nitrogens with zero attached hydrogens (tertiary/aromatic N) is 2. The molecule has 1 amide bonds. The number of amides is 1. The Balaban J connectivity index is 2.00. The van der Waals surface area contributed by atoms with Crippen molar-refractivity contribution in [2.75, 3.05) is 12.4 Å². The lowest BCUT2D eigenvalue weighted by atomic mass is 9.95. The molecule has 0 saturated heterocycles. The molecule has 8 nitrogen and oxygen atoms in total. The van der Waals surface area contributed by atoms with Crippen molar-refractivity contribution in [1.82, 2.24) is 14.9 Å². The first-order valence-corrected chi connectivity index (χ1v) is 14.8. The van der Waals surface area contributed by atoms with Gasteiger partial charge in [-0.2, -0.15) is 13.2 Å². The van der Waals surface area contributed by atoms with E-state index >= 15 is 0 Å². The molecule has 12 heteroatoms. The average Bonchev–Trinajstić information content (AvgIpc) is 3.23. The summed E-state index contributed by atoms with van der Waals surface area (Å²) in [6.07, 6.45) is -5.75. The van der Waals surface area contributed by atoms with Crippen LogP contribution in [0.5, 0.6) is 0 Å². The molecule has 3 aromatic rings. The van der Waals surface area contributed by atoms with Crippen LogP contribution >= 0.6 is 0 Å². The molecule has 1 unspecified atom stereocenters. The van der Waals surface area contributed by atoms with Crippen LogP contribution in [0.1, 0.15) is 91.0 Å². The Morgan fingerprint density at radius 2 is 1.66 bits per heavy atom. The molecule has 1 heterocycles. The molecule has 0 fully saturated rings. The highest BCUT2D eigenvalue weighted by atomic mass is 32.2. The van der Waals surface area contributed by atoms with Crippen LogP contribution in [0.2, 0.25) is 0 Å². The number of carbonyl (C=O) groups excluding carboxylic acids is 1. The highest BCUT2D eigenvalue weighted by Gasteiger charge is 2.35. The minimum absolute atomic E-state index is 0.00675. The van der Waals surface area contributed by atoms with Crippen LogP contribution in [0, 0.1) is 6.92 Å². The van der Waals surface area contributed by atoms with E-state index < -0.39 is 51.7 Å². The van der Waals surface area contributed by atoms with Gasteiger partial charge in [0.15, 0.2) is 9.84 Å². The molecule has 0 aliphatic carbocycles. The van der Waals surface area contributed by atoms with Gasteiger partial charge in [0, 0.05) is 17.7 Å². The second-order valence-electron chi connectivity index (χ2n) is 11.0. The number of aliphatic hydroxyl groups is 2. The number of hydrogen-bond donors (Lipinski definition) is 3. The number of aromatic nitrogens is 2. The molecular weight excluding hydrogens is 559 g/mol. The molecule has 0 bridgehead atoms. The van der Waals surface area contributed by atoms with Gasteiger partial charge in [-0.15, -0.1) is 0 Å². The number of aliphatic hydroxyl groups excluding tert-OH is 2. The maximum atomic E-state index is 14.0. The Bertz CT molecular complexity index is 1510. The van der Waals surface area contributed by atoms with Gasteiger partial charge in [-0.25, -0.2) is 13.4 Å². The summed E-state index contributed by atoms with van der Waals surface area (Å²) in [7, 11) is -3.43. The van der Waals surface area contributed by atoms with Crippen LogP contribution < -0.4 is 5.32 Å². The van der Waals surface area contributed by atoms with Gasteiger partial charge in [0.1, 0.15) is 11.5 Å². The van der Waals surface area contributed by atoms with E-state index in [-0.39, 0.29) is 34.0 Å². The number of alkyl halides is 3. The Hall–Kier alpha value is -3.22. The van der Waals surface area contributed by atoms with Gasteiger partial charge in [-0.05, 0) is 48.7 Å². The zero-order valence-corrected chi connectivity index (χ0v) is 24.7. The predicted molar refractivity (Wildman–Crippen MR) is 148 cm³/mol. The minimum Gasteiger partial charge on any atom is -0.394 e. The van der Waals surface area contributed by atoms with Gasteiger partial charge >= 0.3 is 6.18 Å². The fraction of sp³-hybridized carbons (Fsp3) is 0.448. The molecular formula is C29H36F3N3O5S. The maximum Gasteiger partial charge on any atom is 0.416 e. The van der Waals surface area contributed by atoms with E-state index in [0.29, 0.717) is 17.1 Å². The summed E-state index contributed by atoms with van der Waals surface area (Å²) in [4.78, 5) is 18.0. The molecule has 0 aliphatic heterocycles. The van der Waals surface area contributed by atoms with E-state index in [0.717, 1.165) is 6.07 Å². The number of imidazole rings is 1. The summed E-state index contributed by atoms with van der Waals surface area (Å²) in [6, 6.07) is 8.63. The number of carbonyl (C=O) groups is 1. The zero-order valence-electron chi connectivity index (χ0n) is 23.9. The Morgan fingerprint density at radius 1 is 1.07 bits per heavy atom. The molecule has 2 aromatic carbocycles. The van der Waals surface area contributed by atoms with E-state index in [2.05, 4.69) is 10.3 Å². The van der Waals surface area contributed by atoms with Crippen molar-refractivity contribution in [2.45, 2.75) is 76.7 Å². The van der Waals surface area contributed by atoms with Crippen LogP contribution in [0.4, 0.5) is 13.2 Å². The molecule has 0 spiro atoms. The molecule has 224 valence electrons. The van der Waals surface area contributed by atoms with Crippen molar-refractivity contribution >= 4 is 15.7 Å².